The van der Waals surface area contributed by atoms with Crippen LogP contribution in [0.4, 0.5) is 0 Å². The number of hydrogen-bond donors (Lipinski definition) is 2. The van der Waals surface area contributed by atoms with E-state index >= 15 is 0 Å². The molecule has 3 nitrogen and oxygen atoms in total. The largest absolute Gasteiger partial charge is 0.394 e. The van der Waals surface area contributed by atoms with Crippen LogP contribution in [0, 0.1) is 11.8 Å². The molecular formula is C10H22N2O. The second-order valence-corrected chi connectivity index (χ2v) is 4.96. The molecule has 3 atom stereocenters. The van der Waals surface area contributed by atoms with Gasteiger partial charge in [0.15, 0.2) is 0 Å². The SMILES string of the molecule is CC1CN(CC(C)(N)CO)CC1C. The Labute approximate surface area is 80.9 Å². The predicted octanol–water partition coefficient (Wildman–Crippen LogP) is 0.284. The fourth-order valence-electron chi connectivity index (χ4n) is 1.94. The predicted molar refractivity (Wildman–Crippen MR) is 54.4 cm³/mol. The molecule has 1 saturated heterocycles. The van der Waals surface area contributed by atoms with Gasteiger partial charge in [0.25, 0.3) is 0 Å². The third kappa shape index (κ3) is 2.93. The molecule has 1 fully saturated rings. The van der Waals surface area contributed by atoms with E-state index in [0.717, 1.165) is 31.5 Å². The van der Waals surface area contributed by atoms with Crippen LogP contribution in [0.2, 0.25) is 0 Å². The zero-order chi connectivity index (χ0) is 10.1. The number of aliphatic hydroxyl groups excluding tert-OH is 1. The van der Waals surface area contributed by atoms with Crippen molar-refractivity contribution >= 4 is 0 Å². The first kappa shape index (κ1) is 11.0. The summed E-state index contributed by atoms with van der Waals surface area (Å²) in [6, 6.07) is 0. The molecule has 0 amide bonds. The Hall–Kier alpha value is -0.120. The molecule has 0 saturated carbocycles. The summed E-state index contributed by atoms with van der Waals surface area (Å²) in [5.74, 6) is 1.52. The van der Waals surface area contributed by atoms with Gasteiger partial charge in [0.05, 0.1) is 6.61 Å². The van der Waals surface area contributed by atoms with Crippen LogP contribution in [0.5, 0.6) is 0 Å². The Morgan fingerprint density at radius 1 is 1.38 bits per heavy atom. The minimum Gasteiger partial charge on any atom is -0.394 e. The van der Waals surface area contributed by atoms with Crippen LogP contribution in [0.25, 0.3) is 0 Å². The maximum Gasteiger partial charge on any atom is 0.0621 e. The quantitative estimate of drug-likeness (QED) is 0.666. The van der Waals surface area contributed by atoms with Crippen LogP contribution in [0.1, 0.15) is 20.8 Å². The Morgan fingerprint density at radius 3 is 2.23 bits per heavy atom. The van der Waals surface area contributed by atoms with E-state index in [4.69, 9.17) is 10.8 Å². The van der Waals surface area contributed by atoms with Crippen LogP contribution >= 0.6 is 0 Å². The molecule has 0 aromatic carbocycles. The molecule has 0 radical (unpaired) electrons. The molecular weight excluding hydrogens is 164 g/mol. The highest BCUT2D eigenvalue weighted by molar-refractivity contribution is 4.87. The summed E-state index contributed by atoms with van der Waals surface area (Å²) in [7, 11) is 0. The first-order chi connectivity index (χ1) is 5.94. The molecule has 13 heavy (non-hydrogen) atoms. The third-order valence-corrected chi connectivity index (χ3v) is 3.01. The van der Waals surface area contributed by atoms with E-state index in [-0.39, 0.29) is 6.61 Å². The summed E-state index contributed by atoms with van der Waals surface area (Å²) < 4.78 is 0. The highest BCUT2D eigenvalue weighted by atomic mass is 16.3. The van der Waals surface area contributed by atoms with Crippen molar-refractivity contribution in [3.05, 3.63) is 0 Å². The topological polar surface area (TPSA) is 49.5 Å². The standard InChI is InChI=1S/C10H22N2O/c1-8-4-12(5-9(8)2)6-10(3,11)7-13/h8-9,13H,4-7,11H2,1-3H3. The van der Waals surface area contributed by atoms with Crippen LogP contribution in [-0.2, 0) is 0 Å². The Morgan fingerprint density at radius 2 is 1.85 bits per heavy atom. The summed E-state index contributed by atoms with van der Waals surface area (Å²) >= 11 is 0. The number of nitrogens with two attached hydrogens (primary N) is 1. The minimum absolute atomic E-state index is 0.0618. The molecule has 3 heteroatoms. The molecule has 0 aliphatic carbocycles. The molecule has 3 unspecified atom stereocenters. The van der Waals surface area contributed by atoms with E-state index in [1.54, 1.807) is 0 Å². The van der Waals surface area contributed by atoms with E-state index in [9.17, 15) is 0 Å². The third-order valence-electron chi connectivity index (χ3n) is 3.01. The highest BCUT2D eigenvalue weighted by Crippen LogP contribution is 2.22. The van der Waals surface area contributed by atoms with E-state index in [1.165, 1.54) is 0 Å². The monoisotopic (exact) mass is 186 g/mol. The zero-order valence-corrected chi connectivity index (χ0v) is 8.95. The number of rotatable bonds is 3. The Bertz CT molecular complexity index is 160. The van der Waals surface area contributed by atoms with E-state index < -0.39 is 5.54 Å². The van der Waals surface area contributed by atoms with Crippen LogP contribution < -0.4 is 5.73 Å². The van der Waals surface area contributed by atoms with Gasteiger partial charge >= 0.3 is 0 Å². The van der Waals surface area contributed by atoms with Crippen molar-refractivity contribution in [2.75, 3.05) is 26.2 Å². The number of aliphatic hydroxyl groups is 1. The molecule has 1 aliphatic heterocycles. The fourth-order valence-corrected chi connectivity index (χ4v) is 1.94. The van der Waals surface area contributed by atoms with Crippen molar-refractivity contribution < 1.29 is 5.11 Å². The average Bonchev–Trinajstić information content (AvgIpc) is 2.30. The molecule has 3 N–H and O–H groups in total. The summed E-state index contributed by atoms with van der Waals surface area (Å²) in [5.41, 5.74) is 5.45. The molecule has 0 bridgehead atoms. The van der Waals surface area contributed by atoms with Gasteiger partial charge in [-0.3, -0.25) is 0 Å². The maximum atomic E-state index is 9.03. The minimum atomic E-state index is -0.441. The van der Waals surface area contributed by atoms with Gasteiger partial charge < -0.3 is 15.7 Å². The lowest BCUT2D eigenvalue weighted by Crippen LogP contribution is -2.50. The molecule has 0 aromatic heterocycles. The first-order valence-corrected chi connectivity index (χ1v) is 5.07. The highest BCUT2D eigenvalue weighted by Gasteiger charge is 2.30. The lowest BCUT2D eigenvalue weighted by molar-refractivity contribution is 0.159. The lowest BCUT2D eigenvalue weighted by Gasteiger charge is -2.28. The van der Waals surface area contributed by atoms with Gasteiger partial charge in [-0.25, -0.2) is 0 Å². The first-order valence-electron chi connectivity index (χ1n) is 5.07. The van der Waals surface area contributed by atoms with Gasteiger partial charge in [-0.05, 0) is 18.8 Å². The molecule has 78 valence electrons. The van der Waals surface area contributed by atoms with Crippen molar-refractivity contribution in [1.82, 2.24) is 4.90 Å². The normalized spacial score (nSPS) is 34.8. The fraction of sp³-hybridized carbons (Fsp3) is 1.00. The summed E-state index contributed by atoms with van der Waals surface area (Å²) in [5, 5.41) is 9.03. The smallest absolute Gasteiger partial charge is 0.0621 e. The zero-order valence-electron chi connectivity index (χ0n) is 8.95. The van der Waals surface area contributed by atoms with Crippen molar-refractivity contribution in [3.8, 4) is 0 Å². The van der Waals surface area contributed by atoms with Gasteiger partial charge in [0, 0.05) is 25.2 Å². The Kier molecular flexibility index (Phi) is 3.33. The number of likely N-dealkylation sites (tertiary alicyclic amines) is 1. The van der Waals surface area contributed by atoms with Crippen molar-refractivity contribution in [2.24, 2.45) is 17.6 Å². The summed E-state index contributed by atoms with van der Waals surface area (Å²) in [6.07, 6.45) is 0. The van der Waals surface area contributed by atoms with Gasteiger partial charge in [-0.1, -0.05) is 13.8 Å². The van der Waals surface area contributed by atoms with Crippen LogP contribution in [0.3, 0.4) is 0 Å². The second kappa shape index (κ2) is 3.95. The van der Waals surface area contributed by atoms with Crippen molar-refractivity contribution in [1.29, 1.82) is 0 Å². The molecule has 1 heterocycles. The Balaban J connectivity index is 2.40. The van der Waals surface area contributed by atoms with E-state index in [0.29, 0.717) is 0 Å². The molecule has 1 rings (SSSR count). The summed E-state index contributed by atoms with van der Waals surface area (Å²) in [4.78, 5) is 2.35. The van der Waals surface area contributed by atoms with Crippen LogP contribution in [0.15, 0.2) is 0 Å². The van der Waals surface area contributed by atoms with Crippen LogP contribution in [-0.4, -0.2) is 41.8 Å². The number of nitrogens with zero attached hydrogens (tertiary/aromatic N) is 1. The van der Waals surface area contributed by atoms with Gasteiger partial charge in [0.2, 0.25) is 0 Å². The summed E-state index contributed by atoms with van der Waals surface area (Å²) in [6.45, 7) is 9.56. The van der Waals surface area contributed by atoms with E-state index in [2.05, 4.69) is 18.7 Å². The molecule has 0 aromatic rings. The molecule has 0 spiro atoms. The van der Waals surface area contributed by atoms with Gasteiger partial charge in [0.1, 0.15) is 0 Å². The molecule has 1 aliphatic rings. The van der Waals surface area contributed by atoms with Gasteiger partial charge in [-0.2, -0.15) is 0 Å². The second-order valence-electron chi connectivity index (χ2n) is 4.96. The average molecular weight is 186 g/mol. The maximum absolute atomic E-state index is 9.03. The van der Waals surface area contributed by atoms with Crippen molar-refractivity contribution in [3.63, 3.8) is 0 Å². The van der Waals surface area contributed by atoms with Crippen molar-refractivity contribution in [2.45, 2.75) is 26.3 Å². The lowest BCUT2D eigenvalue weighted by atomic mass is 10.0. The van der Waals surface area contributed by atoms with E-state index in [1.807, 2.05) is 6.92 Å². The number of hydrogen-bond acceptors (Lipinski definition) is 3. The van der Waals surface area contributed by atoms with Gasteiger partial charge in [-0.15, -0.1) is 0 Å².